The molecule has 5 nitrogen and oxygen atoms in total. The summed E-state index contributed by atoms with van der Waals surface area (Å²) in [6, 6.07) is 5.08. The third kappa shape index (κ3) is 2.11. The van der Waals surface area contributed by atoms with Gasteiger partial charge in [0.15, 0.2) is 5.75 Å². The molecule has 96 valence electrons. The Balaban J connectivity index is 2.58. The number of ether oxygens (including phenoxy) is 2. The van der Waals surface area contributed by atoms with E-state index in [4.69, 9.17) is 19.0 Å². The number of benzene rings is 1. The molecule has 2 aromatic rings. The molecule has 0 saturated heterocycles. The number of carboxylic acids is 1. The average Bonchev–Trinajstić information content (AvgIpc) is 2.74. The molecular weight excluding hydrogens is 236 g/mol. The van der Waals surface area contributed by atoms with Crippen LogP contribution in [0.15, 0.2) is 22.6 Å². The van der Waals surface area contributed by atoms with Crippen molar-refractivity contribution in [2.75, 3.05) is 13.7 Å². The fourth-order valence-corrected chi connectivity index (χ4v) is 1.67. The number of carbonyl (C=O) groups is 1. The minimum atomic E-state index is -1.14. The van der Waals surface area contributed by atoms with Crippen LogP contribution in [-0.2, 0) is 0 Å². The van der Waals surface area contributed by atoms with Crippen LogP contribution in [0, 0.1) is 0 Å². The fraction of sp³-hybridized carbons (Fsp3) is 0.308. The zero-order valence-corrected chi connectivity index (χ0v) is 10.2. The van der Waals surface area contributed by atoms with Crippen LogP contribution in [0.5, 0.6) is 11.5 Å². The number of rotatable bonds is 5. The molecule has 0 radical (unpaired) electrons. The molecule has 0 atom stereocenters. The molecule has 2 rings (SSSR count). The summed E-state index contributed by atoms with van der Waals surface area (Å²) in [7, 11) is 1.55. The number of furan rings is 1. The van der Waals surface area contributed by atoms with Gasteiger partial charge in [0.05, 0.1) is 19.1 Å². The van der Waals surface area contributed by atoms with Crippen molar-refractivity contribution < 1.29 is 23.8 Å². The second-order valence-corrected chi connectivity index (χ2v) is 3.78. The third-order valence-electron chi connectivity index (χ3n) is 2.49. The van der Waals surface area contributed by atoms with Crippen molar-refractivity contribution in [1.82, 2.24) is 0 Å². The van der Waals surface area contributed by atoms with E-state index < -0.39 is 5.97 Å². The second-order valence-electron chi connectivity index (χ2n) is 3.78. The summed E-state index contributed by atoms with van der Waals surface area (Å²) in [6.07, 6.45) is 0.787. The largest absolute Gasteiger partial charge is 0.497 e. The molecule has 18 heavy (non-hydrogen) atoms. The molecule has 0 saturated carbocycles. The lowest BCUT2D eigenvalue weighted by atomic mass is 10.2. The van der Waals surface area contributed by atoms with Gasteiger partial charge in [-0.15, -0.1) is 0 Å². The van der Waals surface area contributed by atoms with Gasteiger partial charge in [0.2, 0.25) is 0 Å². The first kappa shape index (κ1) is 12.3. The van der Waals surface area contributed by atoms with E-state index in [9.17, 15) is 4.79 Å². The Morgan fingerprint density at radius 2 is 2.22 bits per heavy atom. The number of methoxy groups -OCH3 is 1. The molecular formula is C13H14O5. The molecule has 0 amide bonds. The van der Waals surface area contributed by atoms with Crippen LogP contribution in [0.25, 0.3) is 11.0 Å². The van der Waals surface area contributed by atoms with Crippen molar-refractivity contribution in [2.24, 2.45) is 0 Å². The number of aromatic carboxylic acids is 1. The van der Waals surface area contributed by atoms with Crippen molar-refractivity contribution in [2.45, 2.75) is 13.3 Å². The van der Waals surface area contributed by atoms with E-state index in [-0.39, 0.29) is 11.5 Å². The van der Waals surface area contributed by atoms with Crippen LogP contribution >= 0.6 is 0 Å². The molecule has 1 aromatic heterocycles. The van der Waals surface area contributed by atoms with E-state index in [0.29, 0.717) is 23.3 Å². The van der Waals surface area contributed by atoms with Gasteiger partial charge in [0.25, 0.3) is 5.76 Å². The van der Waals surface area contributed by atoms with Gasteiger partial charge in [-0.2, -0.15) is 0 Å². The van der Waals surface area contributed by atoms with Crippen molar-refractivity contribution in [3.63, 3.8) is 0 Å². The summed E-state index contributed by atoms with van der Waals surface area (Å²) in [6.45, 7) is 2.38. The Kier molecular flexibility index (Phi) is 3.41. The second kappa shape index (κ2) is 5.00. The standard InChI is InChI=1S/C13H14O5/c1-3-6-17-11-9-7-8(16-2)4-5-10(9)18-12(11)13(14)15/h4-5,7H,3,6H2,1-2H3,(H,14,15). The van der Waals surface area contributed by atoms with E-state index in [1.54, 1.807) is 25.3 Å². The minimum absolute atomic E-state index is 0.174. The normalized spacial score (nSPS) is 10.6. The Morgan fingerprint density at radius 3 is 2.83 bits per heavy atom. The smallest absolute Gasteiger partial charge is 0.375 e. The van der Waals surface area contributed by atoms with Crippen LogP contribution in [-0.4, -0.2) is 24.8 Å². The summed E-state index contributed by atoms with van der Waals surface area (Å²) >= 11 is 0. The lowest BCUT2D eigenvalue weighted by Gasteiger charge is -2.03. The Labute approximate surface area is 104 Å². The predicted molar refractivity (Wildman–Crippen MR) is 65.5 cm³/mol. The third-order valence-corrected chi connectivity index (χ3v) is 2.49. The zero-order chi connectivity index (χ0) is 13.1. The van der Waals surface area contributed by atoms with Gasteiger partial charge in [-0.1, -0.05) is 6.92 Å². The van der Waals surface area contributed by atoms with E-state index in [1.807, 2.05) is 6.92 Å². The van der Waals surface area contributed by atoms with Crippen LogP contribution in [0.2, 0.25) is 0 Å². The topological polar surface area (TPSA) is 68.9 Å². The molecule has 1 aromatic carbocycles. The Bertz CT molecular complexity index is 570. The number of carboxylic acid groups (broad SMARTS) is 1. The summed E-state index contributed by atoms with van der Waals surface area (Å²) < 4.78 is 15.9. The molecule has 0 unspecified atom stereocenters. The van der Waals surface area contributed by atoms with E-state index in [2.05, 4.69) is 0 Å². The van der Waals surface area contributed by atoms with Crippen molar-refractivity contribution >= 4 is 16.9 Å². The van der Waals surface area contributed by atoms with E-state index in [1.165, 1.54) is 0 Å². The van der Waals surface area contributed by atoms with Gasteiger partial charge < -0.3 is 19.0 Å². The highest BCUT2D eigenvalue weighted by Gasteiger charge is 2.21. The molecule has 1 heterocycles. The molecule has 0 aliphatic rings. The van der Waals surface area contributed by atoms with Crippen LogP contribution in [0.3, 0.4) is 0 Å². The molecule has 0 aliphatic heterocycles. The first-order valence-corrected chi connectivity index (χ1v) is 5.64. The highest BCUT2D eigenvalue weighted by atomic mass is 16.5. The van der Waals surface area contributed by atoms with E-state index >= 15 is 0 Å². The Morgan fingerprint density at radius 1 is 1.44 bits per heavy atom. The summed E-state index contributed by atoms with van der Waals surface area (Å²) in [5.41, 5.74) is 0.472. The highest BCUT2D eigenvalue weighted by Crippen LogP contribution is 2.35. The molecule has 0 aliphatic carbocycles. The van der Waals surface area contributed by atoms with Gasteiger partial charge in [0, 0.05) is 0 Å². The molecule has 0 fully saturated rings. The molecule has 5 heteroatoms. The summed E-state index contributed by atoms with van der Waals surface area (Å²) in [4.78, 5) is 11.1. The monoisotopic (exact) mass is 250 g/mol. The van der Waals surface area contributed by atoms with Gasteiger partial charge in [-0.3, -0.25) is 0 Å². The van der Waals surface area contributed by atoms with Crippen molar-refractivity contribution in [3.8, 4) is 11.5 Å². The fourth-order valence-electron chi connectivity index (χ4n) is 1.67. The van der Waals surface area contributed by atoms with Gasteiger partial charge >= 0.3 is 5.97 Å². The highest BCUT2D eigenvalue weighted by molar-refractivity contribution is 5.98. The predicted octanol–water partition coefficient (Wildman–Crippen LogP) is 2.93. The first-order chi connectivity index (χ1) is 8.67. The summed E-state index contributed by atoms with van der Waals surface area (Å²) in [5, 5.41) is 9.70. The maximum absolute atomic E-state index is 11.1. The quantitative estimate of drug-likeness (QED) is 0.883. The summed E-state index contributed by atoms with van der Waals surface area (Å²) in [5.74, 6) is -0.428. The van der Waals surface area contributed by atoms with Crippen LogP contribution in [0.4, 0.5) is 0 Å². The van der Waals surface area contributed by atoms with Gasteiger partial charge in [0.1, 0.15) is 11.3 Å². The average molecular weight is 250 g/mol. The van der Waals surface area contributed by atoms with E-state index in [0.717, 1.165) is 6.42 Å². The molecule has 1 N–H and O–H groups in total. The lowest BCUT2D eigenvalue weighted by molar-refractivity contribution is 0.0658. The molecule has 0 spiro atoms. The Hall–Kier alpha value is -2.17. The first-order valence-electron chi connectivity index (χ1n) is 5.64. The number of hydrogen-bond acceptors (Lipinski definition) is 4. The van der Waals surface area contributed by atoms with Crippen LogP contribution in [0.1, 0.15) is 23.9 Å². The zero-order valence-electron chi connectivity index (χ0n) is 10.2. The SMILES string of the molecule is CCCOc1c(C(=O)O)oc2ccc(OC)cc12. The van der Waals surface area contributed by atoms with Crippen LogP contribution < -0.4 is 9.47 Å². The molecule has 0 bridgehead atoms. The minimum Gasteiger partial charge on any atom is -0.497 e. The van der Waals surface area contributed by atoms with Crippen molar-refractivity contribution in [1.29, 1.82) is 0 Å². The van der Waals surface area contributed by atoms with Crippen molar-refractivity contribution in [3.05, 3.63) is 24.0 Å². The number of fused-ring (bicyclic) bond motifs is 1. The maximum atomic E-state index is 11.1. The lowest BCUT2D eigenvalue weighted by Crippen LogP contribution is -2.01. The maximum Gasteiger partial charge on any atom is 0.375 e. The van der Waals surface area contributed by atoms with Gasteiger partial charge in [-0.25, -0.2) is 4.79 Å². The van der Waals surface area contributed by atoms with Gasteiger partial charge in [-0.05, 0) is 24.6 Å². The number of hydrogen-bond donors (Lipinski definition) is 1.